The van der Waals surface area contributed by atoms with E-state index in [0.717, 1.165) is 18.8 Å². The van der Waals surface area contributed by atoms with Crippen molar-refractivity contribution in [3.63, 3.8) is 0 Å². The molecule has 3 heteroatoms. The molecule has 2 fully saturated rings. The predicted molar refractivity (Wildman–Crippen MR) is 64.3 cm³/mol. The van der Waals surface area contributed by atoms with Crippen LogP contribution in [-0.2, 0) is 0 Å². The zero-order valence-electron chi connectivity index (χ0n) is 9.81. The van der Waals surface area contributed by atoms with Gasteiger partial charge in [0.05, 0.1) is 6.33 Å². The van der Waals surface area contributed by atoms with Crippen LogP contribution in [0.25, 0.3) is 0 Å². The topological polar surface area (TPSA) is 43.8 Å². The maximum absolute atomic E-state index is 5.87. The van der Waals surface area contributed by atoms with Gasteiger partial charge in [-0.1, -0.05) is 19.3 Å². The van der Waals surface area contributed by atoms with Crippen molar-refractivity contribution in [3.05, 3.63) is 18.2 Å². The molecular formula is C13H21N3. The molecule has 0 aliphatic heterocycles. The van der Waals surface area contributed by atoms with E-state index in [1.165, 1.54) is 37.8 Å². The standard InChI is InChI=1S/C13H21N3/c14-11-6-12(7-11)16-9-15-8-13(16)10-4-2-1-3-5-10/h8-12H,1-7,14H2. The van der Waals surface area contributed by atoms with Crippen molar-refractivity contribution in [2.45, 2.75) is 62.9 Å². The number of imidazole rings is 1. The van der Waals surface area contributed by atoms with Crippen molar-refractivity contribution in [2.24, 2.45) is 5.73 Å². The number of rotatable bonds is 2. The highest BCUT2D eigenvalue weighted by Crippen LogP contribution is 2.37. The third-order valence-electron chi connectivity index (χ3n) is 4.26. The van der Waals surface area contributed by atoms with Gasteiger partial charge in [0.2, 0.25) is 0 Å². The van der Waals surface area contributed by atoms with Crippen LogP contribution in [0.15, 0.2) is 12.5 Å². The van der Waals surface area contributed by atoms with E-state index in [9.17, 15) is 0 Å². The van der Waals surface area contributed by atoms with Crippen LogP contribution < -0.4 is 5.73 Å². The van der Waals surface area contributed by atoms with Gasteiger partial charge < -0.3 is 10.3 Å². The summed E-state index contributed by atoms with van der Waals surface area (Å²) in [7, 11) is 0. The van der Waals surface area contributed by atoms with Crippen molar-refractivity contribution in [1.82, 2.24) is 9.55 Å². The molecule has 0 atom stereocenters. The zero-order chi connectivity index (χ0) is 11.0. The highest BCUT2D eigenvalue weighted by atomic mass is 15.1. The molecule has 0 bridgehead atoms. The van der Waals surface area contributed by atoms with Crippen LogP contribution in [0.3, 0.4) is 0 Å². The lowest BCUT2D eigenvalue weighted by molar-refractivity contribution is 0.255. The quantitative estimate of drug-likeness (QED) is 0.831. The second-order valence-electron chi connectivity index (χ2n) is 5.45. The first-order chi connectivity index (χ1) is 7.84. The fraction of sp³-hybridized carbons (Fsp3) is 0.769. The van der Waals surface area contributed by atoms with Crippen LogP contribution in [0.5, 0.6) is 0 Å². The largest absolute Gasteiger partial charge is 0.331 e. The van der Waals surface area contributed by atoms with E-state index in [1.807, 2.05) is 6.33 Å². The molecule has 0 unspecified atom stereocenters. The number of nitrogens with two attached hydrogens (primary N) is 1. The molecule has 2 aliphatic rings. The molecule has 16 heavy (non-hydrogen) atoms. The molecule has 2 aliphatic carbocycles. The van der Waals surface area contributed by atoms with Gasteiger partial charge in [-0.25, -0.2) is 4.98 Å². The lowest BCUT2D eigenvalue weighted by Crippen LogP contribution is -2.38. The van der Waals surface area contributed by atoms with Crippen molar-refractivity contribution in [3.8, 4) is 0 Å². The van der Waals surface area contributed by atoms with Crippen molar-refractivity contribution in [2.75, 3.05) is 0 Å². The summed E-state index contributed by atoms with van der Waals surface area (Å²) in [5, 5.41) is 0. The molecule has 88 valence electrons. The number of aromatic nitrogens is 2. The van der Waals surface area contributed by atoms with Gasteiger partial charge in [0.15, 0.2) is 0 Å². The third kappa shape index (κ3) is 1.77. The summed E-state index contributed by atoms with van der Waals surface area (Å²) in [5.74, 6) is 0.757. The van der Waals surface area contributed by atoms with Crippen LogP contribution in [0.2, 0.25) is 0 Å². The monoisotopic (exact) mass is 219 g/mol. The van der Waals surface area contributed by atoms with Crippen LogP contribution in [0.4, 0.5) is 0 Å². The van der Waals surface area contributed by atoms with E-state index >= 15 is 0 Å². The Morgan fingerprint density at radius 1 is 1.19 bits per heavy atom. The van der Waals surface area contributed by atoms with Gasteiger partial charge in [-0.2, -0.15) is 0 Å². The van der Waals surface area contributed by atoms with Gasteiger partial charge in [-0.05, 0) is 25.7 Å². The number of hydrogen-bond acceptors (Lipinski definition) is 2. The first-order valence-corrected chi connectivity index (χ1v) is 6.62. The molecule has 1 aromatic rings. The molecule has 0 saturated heterocycles. The van der Waals surface area contributed by atoms with Gasteiger partial charge >= 0.3 is 0 Å². The minimum atomic E-state index is 0.423. The van der Waals surface area contributed by atoms with Gasteiger partial charge in [0.1, 0.15) is 0 Å². The maximum Gasteiger partial charge on any atom is 0.0950 e. The molecule has 3 nitrogen and oxygen atoms in total. The van der Waals surface area contributed by atoms with Crippen LogP contribution in [0, 0.1) is 0 Å². The first kappa shape index (κ1) is 10.3. The SMILES string of the molecule is NC1CC(n2cncc2C2CCCCC2)C1. The van der Waals surface area contributed by atoms with E-state index in [2.05, 4.69) is 15.7 Å². The Labute approximate surface area is 97.0 Å². The highest BCUT2D eigenvalue weighted by molar-refractivity contribution is 5.10. The molecule has 0 aromatic carbocycles. The molecule has 0 amide bonds. The molecule has 0 radical (unpaired) electrons. The Kier molecular flexibility index (Phi) is 2.72. The normalized spacial score (nSPS) is 31.3. The van der Waals surface area contributed by atoms with E-state index in [-0.39, 0.29) is 0 Å². The average molecular weight is 219 g/mol. The third-order valence-corrected chi connectivity index (χ3v) is 4.26. The molecule has 0 spiro atoms. The second-order valence-corrected chi connectivity index (χ2v) is 5.45. The second kappa shape index (κ2) is 4.21. The summed E-state index contributed by atoms with van der Waals surface area (Å²) >= 11 is 0. The Morgan fingerprint density at radius 2 is 1.94 bits per heavy atom. The summed E-state index contributed by atoms with van der Waals surface area (Å²) in [4.78, 5) is 4.35. The summed E-state index contributed by atoms with van der Waals surface area (Å²) in [6, 6.07) is 1.06. The molecule has 2 N–H and O–H groups in total. The van der Waals surface area contributed by atoms with Gasteiger partial charge in [-0.3, -0.25) is 0 Å². The summed E-state index contributed by atoms with van der Waals surface area (Å²) in [6.45, 7) is 0. The maximum atomic E-state index is 5.87. The van der Waals surface area contributed by atoms with Gasteiger partial charge in [0.25, 0.3) is 0 Å². The van der Waals surface area contributed by atoms with Crippen LogP contribution >= 0.6 is 0 Å². The average Bonchev–Trinajstić information content (AvgIpc) is 2.74. The Balaban J connectivity index is 1.76. The molecule has 1 heterocycles. The number of nitrogens with zero attached hydrogens (tertiary/aromatic N) is 2. The van der Waals surface area contributed by atoms with Crippen LogP contribution in [0.1, 0.15) is 62.6 Å². The predicted octanol–water partition coefficient (Wildman–Crippen LogP) is 2.59. The smallest absolute Gasteiger partial charge is 0.0950 e. The number of hydrogen-bond donors (Lipinski definition) is 1. The van der Waals surface area contributed by atoms with E-state index in [0.29, 0.717) is 12.1 Å². The zero-order valence-corrected chi connectivity index (χ0v) is 9.81. The molecule has 1 aromatic heterocycles. The fourth-order valence-electron chi connectivity index (χ4n) is 3.19. The minimum Gasteiger partial charge on any atom is -0.331 e. The lowest BCUT2D eigenvalue weighted by Gasteiger charge is -2.36. The van der Waals surface area contributed by atoms with E-state index < -0.39 is 0 Å². The van der Waals surface area contributed by atoms with Crippen LogP contribution in [-0.4, -0.2) is 15.6 Å². The lowest BCUT2D eigenvalue weighted by atomic mass is 9.84. The highest BCUT2D eigenvalue weighted by Gasteiger charge is 2.30. The summed E-state index contributed by atoms with van der Waals surface area (Å²) in [6.07, 6.45) is 13.3. The molecular weight excluding hydrogens is 198 g/mol. The summed E-state index contributed by atoms with van der Waals surface area (Å²) < 4.78 is 2.40. The Morgan fingerprint density at radius 3 is 2.62 bits per heavy atom. The molecule has 2 saturated carbocycles. The minimum absolute atomic E-state index is 0.423. The summed E-state index contributed by atoms with van der Waals surface area (Å²) in [5.41, 5.74) is 7.34. The van der Waals surface area contributed by atoms with Crippen molar-refractivity contribution < 1.29 is 0 Å². The van der Waals surface area contributed by atoms with E-state index in [1.54, 1.807) is 0 Å². The fourth-order valence-corrected chi connectivity index (χ4v) is 3.19. The van der Waals surface area contributed by atoms with Gasteiger partial charge in [0, 0.05) is 29.9 Å². The Hall–Kier alpha value is -0.830. The van der Waals surface area contributed by atoms with Gasteiger partial charge in [-0.15, -0.1) is 0 Å². The Bertz CT molecular complexity index is 346. The van der Waals surface area contributed by atoms with E-state index in [4.69, 9.17) is 5.73 Å². The van der Waals surface area contributed by atoms with Crippen molar-refractivity contribution >= 4 is 0 Å². The molecule has 3 rings (SSSR count). The first-order valence-electron chi connectivity index (χ1n) is 6.62. The van der Waals surface area contributed by atoms with Crippen molar-refractivity contribution in [1.29, 1.82) is 0 Å².